The third-order valence-electron chi connectivity index (χ3n) is 3.80. The summed E-state index contributed by atoms with van der Waals surface area (Å²) in [5.41, 5.74) is 0.907. The normalized spacial score (nSPS) is 11.8. The van der Waals surface area contributed by atoms with E-state index in [1.54, 1.807) is 16.3 Å². The maximum Gasteiger partial charge on any atom is 0.262 e. The topological polar surface area (TPSA) is 52.2 Å². The van der Waals surface area contributed by atoms with Crippen molar-refractivity contribution in [1.82, 2.24) is 19.2 Å². The number of fused-ring (bicyclic) bond motifs is 3. The molecule has 1 aromatic carbocycles. The average Bonchev–Trinajstić information content (AvgIpc) is 2.93. The molecule has 0 saturated heterocycles. The number of nitrogens with zero attached hydrogens (tertiary/aromatic N) is 4. The van der Waals surface area contributed by atoms with Crippen LogP contribution in [0.15, 0.2) is 34.2 Å². The Morgan fingerprint density at radius 1 is 1.17 bits per heavy atom. The Balaban J connectivity index is 2.26. The van der Waals surface area contributed by atoms with Gasteiger partial charge >= 0.3 is 0 Å². The number of aromatic nitrogens is 4. The van der Waals surface area contributed by atoms with Crippen LogP contribution in [0.5, 0.6) is 0 Å². The zero-order valence-corrected chi connectivity index (χ0v) is 14.6. The van der Waals surface area contributed by atoms with Crippen LogP contribution in [0.3, 0.4) is 0 Å². The summed E-state index contributed by atoms with van der Waals surface area (Å²) in [7, 11) is 0. The summed E-state index contributed by atoms with van der Waals surface area (Å²) in [6.45, 7) is 7.11. The van der Waals surface area contributed by atoms with Crippen LogP contribution in [-0.4, -0.2) is 24.4 Å². The van der Waals surface area contributed by atoms with Crippen LogP contribution >= 0.6 is 11.8 Å². The Morgan fingerprint density at radius 3 is 2.70 bits per heavy atom. The molecule has 5 nitrogen and oxygen atoms in total. The summed E-state index contributed by atoms with van der Waals surface area (Å²) in [5, 5.41) is 10.6. The van der Waals surface area contributed by atoms with E-state index in [4.69, 9.17) is 0 Å². The Morgan fingerprint density at radius 2 is 1.96 bits per heavy atom. The van der Waals surface area contributed by atoms with E-state index in [0.717, 1.165) is 35.3 Å². The van der Waals surface area contributed by atoms with Gasteiger partial charge < -0.3 is 0 Å². The van der Waals surface area contributed by atoms with E-state index in [1.165, 1.54) is 0 Å². The maximum atomic E-state index is 12.8. The lowest BCUT2D eigenvalue weighted by atomic mass is 10.2. The molecule has 0 spiro atoms. The van der Waals surface area contributed by atoms with Gasteiger partial charge in [-0.15, -0.1) is 10.2 Å². The largest absolute Gasteiger partial charge is 0.276 e. The summed E-state index contributed by atoms with van der Waals surface area (Å²) in [6, 6.07) is 7.71. The maximum absolute atomic E-state index is 12.8. The highest BCUT2D eigenvalue weighted by molar-refractivity contribution is 7.99. The molecule has 0 saturated carbocycles. The second kappa shape index (κ2) is 6.74. The fourth-order valence-electron chi connectivity index (χ4n) is 2.74. The molecule has 3 aromatic rings. The minimum atomic E-state index is 0.0256. The first-order valence-corrected chi connectivity index (χ1v) is 9.04. The molecule has 0 radical (unpaired) electrons. The third kappa shape index (κ3) is 3.00. The predicted octanol–water partition coefficient (Wildman–Crippen LogP) is 3.73. The van der Waals surface area contributed by atoms with Crippen molar-refractivity contribution < 1.29 is 0 Å². The number of aryl methyl sites for hydroxylation is 1. The Hall–Kier alpha value is -1.82. The van der Waals surface area contributed by atoms with Crippen molar-refractivity contribution in [2.45, 2.75) is 57.0 Å². The van der Waals surface area contributed by atoms with Crippen LogP contribution in [0.25, 0.3) is 16.7 Å². The van der Waals surface area contributed by atoms with Gasteiger partial charge in [0.2, 0.25) is 5.78 Å². The van der Waals surface area contributed by atoms with E-state index in [1.807, 2.05) is 28.7 Å². The van der Waals surface area contributed by atoms with Crippen LogP contribution in [0, 0.1) is 0 Å². The van der Waals surface area contributed by atoms with Crippen molar-refractivity contribution in [2.24, 2.45) is 0 Å². The predicted molar refractivity (Wildman–Crippen MR) is 95.3 cm³/mol. The second-order valence-corrected chi connectivity index (χ2v) is 7.51. The lowest BCUT2D eigenvalue weighted by molar-refractivity contribution is 0.594. The van der Waals surface area contributed by atoms with E-state index >= 15 is 0 Å². The molecule has 0 fully saturated rings. The molecule has 0 bridgehead atoms. The van der Waals surface area contributed by atoms with Gasteiger partial charge in [-0.25, -0.2) is 0 Å². The molecular weight excluding hydrogens is 308 g/mol. The molecule has 2 aromatic heterocycles. The fraction of sp³-hybridized carbons (Fsp3) is 0.471. The molecule has 0 aliphatic carbocycles. The first-order valence-electron chi connectivity index (χ1n) is 8.16. The number of unbranched alkanes of at least 4 members (excludes halogenated alkanes) is 2. The molecule has 122 valence electrons. The van der Waals surface area contributed by atoms with Crippen molar-refractivity contribution in [3.8, 4) is 0 Å². The minimum absolute atomic E-state index is 0.0256. The Kier molecular flexibility index (Phi) is 4.71. The standard InChI is InChI=1S/C17H22N4OS/c1-4-5-8-11-20-15(22)13-9-6-7-10-14(13)21-16(20)18-19-17(21)23-12(2)3/h6-7,9-10,12H,4-5,8,11H2,1-3H3. The second-order valence-electron chi connectivity index (χ2n) is 5.97. The van der Waals surface area contributed by atoms with Crippen molar-refractivity contribution in [2.75, 3.05) is 0 Å². The van der Waals surface area contributed by atoms with Gasteiger partial charge in [0.1, 0.15) is 0 Å². The first kappa shape index (κ1) is 16.1. The van der Waals surface area contributed by atoms with Crippen molar-refractivity contribution >= 4 is 28.4 Å². The van der Waals surface area contributed by atoms with Gasteiger partial charge in [0, 0.05) is 11.8 Å². The van der Waals surface area contributed by atoms with E-state index in [-0.39, 0.29) is 5.56 Å². The molecule has 2 heterocycles. The number of benzene rings is 1. The molecule has 0 unspecified atom stereocenters. The summed E-state index contributed by atoms with van der Waals surface area (Å²) in [6.07, 6.45) is 3.21. The fourth-order valence-corrected chi connectivity index (χ4v) is 3.54. The van der Waals surface area contributed by atoms with E-state index in [9.17, 15) is 4.79 Å². The highest BCUT2D eigenvalue weighted by Crippen LogP contribution is 2.24. The number of thioether (sulfide) groups is 1. The molecule has 0 N–H and O–H groups in total. The van der Waals surface area contributed by atoms with Gasteiger partial charge in [-0.3, -0.25) is 13.8 Å². The Labute approximate surface area is 139 Å². The lowest BCUT2D eigenvalue weighted by Gasteiger charge is -2.11. The number of hydrogen-bond donors (Lipinski definition) is 0. The van der Waals surface area contributed by atoms with Crippen molar-refractivity contribution in [3.05, 3.63) is 34.6 Å². The highest BCUT2D eigenvalue weighted by atomic mass is 32.2. The van der Waals surface area contributed by atoms with Gasteiger partial charge in [-0.2, -0.15) is 0 Å². The van der Waals surface area contributed by atoms with Crippen molar-refractivity contribution in [1.29, 1.82) is 0 Å². The molecule has 0 aliphatic rings. The van der Waals surface area contributed by atoms with Gasteiger partial charge in [0.25, 0.3) is 5.56 Å². The summed E-state index contributed by atoms with van der Waals surface area (Å²) >= 11 is 1.67. The molecule has 23 heavy (non-hydrogen) atoms. The third-order valence-corrected chi connectivity index (χ3v) is 4.75. The van der Waals surface area contributed by atoms with E-state index < -0.39 is 0 Å². The lowest BCUT2D eigenvalue weighted by Crippen LogP contribution is -2.23. The number of para-hydroxylation sites is 1. The summed E-state index contributed by atoms with van der Waals surface area (Å²) in [4.78, 5) is 12.8. The zero-order valence-electron chi connectivity index (χ0n) is 13.8. The minimum Gasteiger partial charge on any atom is -0.276 e. The first-order chi connectivity index (χ1) is 11.1. The smallest absolute Gasteiger partial charge is 0.262 e. The summed E-state index contributed by atoms with van der Waals surface area (Å²) < 4.78 is 3.79. The van der Waals surface area contributed by atoms with Gasteiger partial charge in [0.05, 0.1) is 10.9 Å². The average molecular weight is 330 g/mol. The molecule has 0 atom stereocenters. The number of hydrogen-bond acceptors (Lipinski definition) is 4. The quantitative estimate of drug-likeness (QED) is 0.510. The monoisotopic (exact) mass is 330 g/mol. The van der Waals surface area contributed by atoms with Gasteiger partial charge in [-0.05, 0) is 18.6 Å². The van der Waals surface area contributed by atoms with Crippen molar-refractivity contribution in [3.63, 3.8) is 0 Å². The van der Waals surface area contributed by atoms with Crippen LogP contribution in [0.4, 0.5) is 0 Å². The molecule has 0 amide bonds. The van der Waals surface area contributed by atoms with Crippen LogP contribution in [0.2, 0.25) is 0 Å². The van der Waals surface area contributed by atoms with E-state index in [0.29, 0.717) is 17.6 Å². The van der Waals surface area contributed by atoms with E-state index in [2.05, 4.69) is 31.0 Å². The SMILES string of the molecule is CCCCCn1c(=O)c2ccccc2n2c(SC(C)C)nnc12. The molecule has 6 heteroatoms. The zero-order chi connectivity index (χ0) is 16.4. The van der Waals surface area contributed by atoms with Gasteiger partial charge in [-0.1, -0.05) is 57.5 Å². The van der Waals surface area contributed by atoms with Crippen LogP contribution in [0.1, 0.15) is 40.0 Å². The molecule has 3 rings (SSSR count). The molecule has 0 aliphatic heterocycles. The highest BCUT2D eigenvalue weighted by Gasteiger charge is 2.17. The van der Waals surface area contributed by atoms with Crippen LogP contribution in [-0.2, 0) is 6.54 Å². The summed E-state index contributed by atoms with van der Waals surface area (Å²) in [5.74, 6) is 0.646. The van der Waals surface area contributed by atoms with Crippen LogP contribution < -0.4 is 5.56 Å². The number of rotatable bonds is 6. The molecular formula is C17H22N4OS. The Bertz CT molecular complexity index is 881. The van der Waals surface area contributed by atoms with Gasteiger partial charge in [0.15, 0.2) is 5.16 Å².